The molecule has 0 saturated carbocycles. The lowest BCUT2D eigenvalue weighted by atomic mass is 9.99. The molecule has 0 fully saturated rings. The third-order valence-electron chi connectivity index (χ3n) is 6.54. The first-order valence-electron chi connectivity index (χ1n) is 12.2. The average molecular weight is 495 g/mol. The highest BCUT2D eigenvalue weighted by atomic mass is 16.6. The van der Waals surface area contributed by atoms with Crippen molar-refractivity contribution in [3.05, 3.63) is 46.9 Å². The Labute approximate surface area is 211 Å². The van der Waals surface area contributed by atoms with Gasteiger partial charge in [0.2, 0.25) is 5.91 Å². The molecule has 0 bridgehead atoms. The SMILES string of the molecule is Cc1nc(-c2ccc3c(c2)CN(C(CCC(=O)OC(C)(C)C)C(N)=O)C3=O)c(C2=CCOCC2)n1C. The lowest BCUT2D eigenvalue weighted by Gasteiger charge is -2.25. The van der Waals surface area contributed by atoms with Crippen LogP contribution < -0.4 is 5.73 Å². The Balaban J connectivity index is 1.59. The quantitative estimate of drug-likeness (QED) is 0.591. The Kier molecular flexibility index (Phi) is 7.04. The molecule has 2 N–H and O–H groups in total. The number of nitrogens with two attached hydrogens (primary N) is 1. The maximum absolute atomic E-state index is 13.2. The Morgan fingerprint density at radius 1 is 1.28 bits per heavy atom. The van der Waals surface area contributed by atoms with Gasteiger partial charge in [-0.3, -0.25) is 14.4 Å². The summed E-state index contributed by atoms with van der Waals surface area (Å²) in [5.74, 6) is -0.453. The van der Waals surface area contributed by atoms with Gasteiger partial charge in [-0.15, -0.1) is 0 Å². The van der Waals surface area contributed by atoms with E-state index in [1.54, 1.807) is 26.8 Å². The number of ether oxygens (including phenoxy) is 2. The highest BCUT2D eigenvalue weighted by Gasteiger charge is 2.36. The fraction of sp³-hybridized carbons (Fsp3) is 0.481. The molecule has 1 atom stereocenters. The van der Waals surface area contributed by atoms with E-state index >= 15 is 0 Å². The molecule has 0 aliphatic carbocycles. The standard InChI is InChI=1S/C27H34N4O5/c1-16-29-23(24(30(16)5)17-10-12-35-13-11-17)18-6-7-20-19(14-18)15-31(26(20)34)21(25(28)33)8-9-22(32)36-27(2,3)4/h6-7,10,14,21H,8-9,11-13,15H2,1-5H3,(H2,28,33). The first kappa shape index (κ1) is 25.6. The highest BCUT2D eigenvalue weighted by Crippen LogP contribution is 2.35. The summed E-state index contributed by atoms with van der Waals surface area (Å²) in [5, 5.41) is 0. The number of benzene rings is 1. The minimum absolute atomic E-state index is 0.00828. The third kappa shape index (κ3) is 5.21. The molecule has 9 heteroatoms. The van der Waals surface area contributed by atoms with Crippen LogP contribution in [0.3, 0.4) is 0 Å². The second-order valence-corrected chi connectivity index (χ2v) is 10.3. The van der Waals surface area contributed by atoms with Gasteiger partial charge in [0.1, 0.15) is 17.5 Å². The molecule has 1 aromatic heterocycles. The van der Waals surface area contributed by atoms with Gasteiger partial charge >= 0.3 is 5.97 Å². The van der Waals surface area contributed by atoms with Crippen LogP contribution in [-0.4, -0.2) is 57.1 Å². The molecule has 2 aromatic rings. The van der Waals surface area contributed by atoms with E-state index < -0.39 is 23.5 Å². The second-order valence-electron chi connectivity index (χ2n) is 10.3. The monoisotopic (exact) mass is 494 g/mol. The zero-order chi connectivity index (χ0) is 26.2. The minimum atomic E-state index is -0.902. The van der Waals surface area contributed by atoms with Gasteiger partial charge in [-0.2, -0.15) is 0 Å². The van der Waals surface area contributed by atoms with E-state index in [4.69, 9.17) is 20.2 Å². The van der Waals surface area contributed by atoms with E-state index in [9.17, 15) is 14.4 Å². The van der Waals surface area contributed by atoms with Crippen LogP contribution in [0, 0.1) is 6.92 Å². The summed E-state index contributed by atoms with van der Waals surface area (Å²) in [7, 11) is 2.00. The molecule has 1 aromatic carbocycles. The molecule has 1 unspecified atom stereocenters. The number of esters is 1. The number of aryl methyl sites for hydroxylation is 1. The van der Waals surface area contributed by atoms with Crippen molar-refractivity contribution in [2.45, 2.75) is 65.1 Å². The predicted octanol–water partition coefficient (Wildman–Crippen LogP) is 3.13. The smallest absolute Gasteiger partial charge is 0.306 e. The first-order valence-corrected chi connectivity index (χ1v) is 12.2. The normalized spacial score (nSPS) is 16.5. The van der Waals surface area contributed by atoms with Crippen molar-refractivity contribution in [3.63, 3.8) is 0 Å². The van der Waals surface area contributed by atoms with Gasteiger partial charge in [-0.05, 0) is 63.8 Å². The van der Waals surface area contributed by atoms with Crippen molar-refractivity contribution in [2.24, 2.45) is 12.8 Å². The Morgan fingerprint density at radius 3 is 2.67 bits per heavy atom. The molecule has 0 radical (unpaired) electrons. The maximum atomic E-state index is 13.2. The van der Waals surface area contributed by atoms with Crippen LogP contribution in [0.2, 0.25) is 0 Å². The highest BCUT2D eigenvalue weighted by molar-refractivity contribution is 6.01. The summed E-state index contributed by atoms with van der Waals surface area (Å²) < 4.78 is 12.9. The Bertz CT molecular complexity index is 1240. The number of aromatic nitrogens is 2. The van der Waals surface area contributed by atoms with Gasteiger partial charge in [-0.25, -0.2) is 4.98 Å². The lowest BCUT2D eigenvalue weighted by molar-refractivity contribution is -0.155. The molecule has 0 saturated heterocycles. The van der Waals surface area contributed by atoms with Gasteiger partial charge in [0.15, 0.2) is 0 Å². The number of hydrogen-bond donors (Lipinski definition) is 1. The molecule has 4 rings (SSSR count). The van der Waals surface area contributed by atoms with Gasteiger partial charge in [0.05, 0.1) is 24.6 Å². The molecule has 0 spiro atoms. The van der Waals surface area contributed by atoms with E-state index in [1.807, 2.05) is 26.1 Å². The van der Waals surface area contributed by atoms with Crippen molar-refractivity contribution in [2.75, 3.05) is 13.2 Å². The summed E-state index contributed by atoms with van der Waals surface area (Å²) in [5.41, 5.74) is 10.4. The second kappa shape index (κ2) is 9.89. The predicted molar refractivity (Wildman–Crippen MR) is 135 cm³/mol. The van der Waals surface area contributed by atoms with Crippen LogP contribution >= 0.6 is 0 Å². The van der Waals surface area contributed by atoms with Crippen molar-refractivity contribution < 1.29 is 23.9 Å². The van der Waals surface area contributed by atoms with Gasteiger partial charge in [0.25, 0.3) is 5.91 Å². The zero-order valence-electron chi connectivity index (χ0n) is 21.6. The molecule has 36 heavy (non-hydrogen) atoms. The summed E-state index contributed by atoms with van der Waals surface area (Å²) in [6, 6.07) is 4.74. The Hall–Kier alpha value is -3.46. The molecule has 2 amide bonds. The van der Waals surface area contributed by atoms with E-state index in [1.165, 1.54) is 10.5 Å². The van der Waals surface area contributed by atoms with E-state index in [0.717, 1.165) is 34.8 Å². The van der Waals surface area contributed by atoms with Gasteiger partial charge in [-0.1, -0.05) is 12.1 Å². The van der Waals surface area contributed by atoms with Crippen LogP contribution in [0.5, 0.6) is 0 Å². The van der Waals surface area contributed by atoms with Crippen molar-refractivity contribution in [1.29, 1.82) is 0 Å². The fourth-order valence-electron chi connectivity index (χ4n) is 4.76. The number of carbonyl (C=O) groups excluding carboxylic acids is 3. The van der Waals surface area contributed by atoms with Crippen molar-refractivity contribution >= 4 is 23.4 Å². The van der Waals surface area contributed by atoms with Crippen LogP contribution in [0.25, 0.3) is 16.8 Å². The number of fused-ring (bicyclic) bond motifs is 1. The number of primary amides is 1. The van der Waals surface area contributed by atoms with Gasteiger partial charge < -0.3 is 24.7 Å². The van der Waals surface area contributed by atoms with E-state index in [-0.39, 0.29) is 25.3 Å². The third-order valence-corrected chi connectivity index (χ3v) is 6.54. The number of imidazole rings is 1. The van der Waals surface area contributed by atoms with Crippen molar-refractivity contribution in [3.8, 4) is 11.3 Å². The van der Waals surface area contributed by atoms with E-state index in [2.05, 4.69) is 10.6 Å². The minimum Gasteiger partial charge on any atom is -0.460 e. The summed E-state index contributed by atoms with van der Waals surface area (Å²) in [6.07, 6.45) is 2.99. The molecule has 192 valence electrons. The molecule has 2 aliphatic rings. The number of nitrogens with zero attached hydrogens (tertiary/aromatic N) is 3. The van der Waals surface area contributed by atoms with E-state index in [0.29, 0.717) is 18.8 Å². The largest absolute Gasteiger partial charge is 0.460 e. The summed E-state index contributed by atoms with van der Waals surface area (Å²) in [6.45, 7) is 8.78. The Morgan fingerprint density at radius 2 is 2.03 bits per heavy atom. The maximum Gasteiger partial charge on any atom is 0.306 e. The topological polar surface area (TPSA) is 117 Å². The van der Waals surface area contributed by atoms with Crippen LogP contribution in [0.1, 0.15) is 67.5 Å². The van der Waals surface area contributed by atoms with Gasteiger partial charge in [0, 0.05) is 31.1 Å². The van der Waals surface area contributed by atoms with Crippen LogP contribution in [0.15, 0.2) is 24.3 Å². The number of carbonyl (C=O) groups is 3. The molecule has 3 heterocycles. The average Bonchev–Trinajstić information content (AvgIpc) is 3.29. The van der Waals surface area contributed by atoms with Crippen LogP contribution in [0.4, 0.5) is 0 Å². The fourth-order valence-corrected chi connectivity index (χ4v) is 4.76. The summed E-state index contributed by atoms with van der Waals surface area (Å²) in [4.78, 5) is 43.9. The number of amides is 2. The molecular weight excluding hydrogens is 460 g/mol. The first-order chi connectivity index (χ1) is 17.0. The number of rotatable bonds is 7. The molecule has 2 aliphatic heterocycles. The number of hydrogen-bond acceptors (Lipinski definition) is 6. The zero-order valence-corrected chi connectivity index (χ0v) is 21.6. The van der Waals surface area contributed by atoms with Crippen LogP contribution in [-0.2, 0) is 32.7 Å². The molecular formula is C27H34N4O5. The van der Waals surface area contributed by atoms with Crippen molar-refractivity contribution in [1.82, 2.24) is 14.5 Å². The lowest BCUT2D eigenvalue weighted by Crippen LogP contribution is -2.45. The molecule has 9 nitrogen and oxygen atoms in total. The summed E-state index contributed by atoms with van der Waals surface area (Å²) >= 11 is 0.